The smallest absolute Gasteiger partial charge is 0.226 e. The standard InChI is InChI=1S/C21H25NO2/c1-15(2)20(23)13-21(24)22-14-18-11-7-6-10-17(18)12-19(22)16-8-4-3-5-9-16/h3-11,15,19-20,23H,12-14H2,1-2H3. The van der Waals surface area contributed by atoms with Crippen molar-refractivity contribution >= 4 is 5.91 Å². The predicted octanol–water partition coefficient (Wildman–Crippen LogP) is 3.72. The first kappa shape index (κ1) is 16.7. The van der Waals surface area contributed by atoms with Crippen molar-refractivity contribution in [3.63, 3.8) is 0 Å². The van der Waals surface area contributed by atoms with E-state index in [1.165, 1.54) is 11.1 Å². The van der Waals surface area contributed by atoms with Crippen LogP contribution in [-0.4, -0.2) is 22.0 Å². The first-order chi connectivity index (χ1) is 11.6. The van der Waals surface area contributed by atoms with Gasteiger partial charge in [0.05, 0.1) is 18.6 Å². The molecular weight excluding hydrogens is 298 g/mol. The third kappa shape index (κ3) is 3.51. The lowest BCUT2D eigenvalue weighted by molar-refractivity contribution is -0.137. The zero-order chi connectivity index (χ0) is 17.1. The molecule has 3 rings (SSSR count). The molecule has 0 radical (unpaired) electrons. The Hall–Kier alpha value is -2.13. The van der Waals surface area contributed by atoms with Gasteiger partial charge in [0.15, 0.2) is 0 Å². The molecule has 1 heterocycles. The Morgan fingerprint density at radius 3 is 2.38 bits per heavy atom. The molecule has 126 valence electrons. The monoisotopic (exact) mass is 323 g/mol. The maximum Gasteiger partial charge on any atom is 0.226 e. The van der Waals surface area contributed by atoms with Gasteiger partial charge in [0.2, 0.25) is 5.91 Å². The molecule has 0 bridgehead atoms. The fourth-order valence-electron chi connectivity index (χ4n) is 3.29. The van der Waals surface area contributed by atoms with E-state index in [1.54, 1.807) is 0 Å². The van der Waals surface area contributed by atoms with Crippen LogP contribution in [0.4, 0.5) is 0 Å². The normalized spacial score (nSPS) is 18.3. The summed E-state index contributed by atoms with van der Waals surface area (Å²) in [6.45, 7) is 4.50. The summed E-state index contributed by atoms with van der Waals surface area (Å²) in [5.41, 5.74) is 3.66. The minimum atomic E-state index is -0.592. The fraction of sp³-hybridized carbons (Fsp3) is 0.381. The van der Waals surface area contributed by atoms with Crippen LogP contribution in [0.1, 0.15) is 43.0 Å². The molecule has 0 fully saturated rings. The van der Waals surface area contributed by atoms with Crippen molar-refractivity contribution in [3.8, 4) is 0 Å². The number of benzene rings is 2. The molecule has 1 aliphatic rings. The summed E-state index contributed by atoms with van der Waals surface area (Å²) in [6, 6.07) is 18.5. The minimum absolute atomic E-state index is 0.0274. The van der Waals surface area contributed by atoms with Crippen molar-refractivity contribution in [1.29, 1.82) is 0 Å². The van der Waals surface area contributed by atoms with E-state index in [4.69, 9.17) is 0 Å². The second-order valence-corrected chi connectivity index (χ2v) is 6.94. The van der Waals surface area contributed by atoms with Gasteiger partial charge in [-0.05, 0) is 29.0 Å². The lowest BCUT2D eigenvalue weighted by Gasteiger charge is -2.38. The Balaban J connectivity index is 1.90. The zero-order valence-corrected chi connectivity index (χ0v) is 14.4. The molecule has 1 aliphatic heterocycles. The number of rotatable bonds is 4. The Morgan fingerprint density at radius 2 is 1.71 bits per heavy atom. The van der Waals surface area contributed by atoms with E-state index in [0.29, 0.717) is 6.54 Å². The van der Waals surface area contributed by atoms with Crippen molar-refractivity contribution in [2.24, 2.45) is 5.92 Å². The van der Waals surface area contributed by atoms with Crippen LogP contribution in [0.2, 0.25) is 0 Å². The average molecular weight is 323 g/mol. The molecule has 1 amide bonds. The van der Waals surface area contributed by atoms with Gasteiger partial charge in [-0.15, -0.1) is 0 Å². The van der Waals surface area contributed by atoms with Crippen LogP contribution in [0.25, 0.3) is 0 Å². The number of carbonyl (C=O) groups is 1. The molecule has 0 saturated carbocycles. The van der Waals surface area contributed by atoms with Crippen LogP contribution in [0, 0.1) is 5.92 Å². The average Bonchev–Trinajstić information content (AvgIpc) is 2.61. The van der Waals surface area contributed by atoms with Gasteiger partial charge in [-0.3, -0.25) is 4.79 Å². The highest BCUT2D eigenvalue weighted by molar-refractivity contribution is 5.77. The van der Waals surface area contributed by atoms with Gasteiger partial charge in [-0.1, -0.05) is 68.4 Å². The molecular formula is C21H25NO2. The van der Waals surface area contributed by atoms with Gasteiger partial charge < -0.3 is 10.0 Å². The third-order valence-corrected chi connectivity index (χ3v) is 4.91. The Bertz CT molecular complexity index is 696. The van der Waals surface area contributed by atoms with E-state index in [-0.39, 0.29) is 24.3 Å². The van der Waals surface area contributed by atoms with Crippen molar-refractivity contribution in [2.45, 2.75) is 45.4 Å². The second kappa shape index (κ2) is 7.18. The first-order valence-corrected chi connectivity index (χ1v) is 8.65. The maximum atomic E-state index is 12.9. The Morgan fingerprint density at radius 1 is 1.08 bits per heavy atom. The van der Waals surface area contributed by atoms with Crippen molar-refractivity contribution in [1.82, 2.24) is 4.90 Å². The Labute approximate surface area is 143 Å². The van der Waals surface area contributed by atoms with E-state index >= 15 is 0 Å². The molecule has 3 heteroatoms. The molecule has 24 heavy (non-hydrogen) atoms. The molecule has 0 spiro atoms. The quantitative estimate of drug-likeness (QED) is 0.931. The summed E-state index contributed by atoms with van der Waals surface area (Å²) in [5, 5.41) is 10.1. The first-order valence-electron chi connectivity index (χ1n) is 8.65. The van der Waals surface area contributed by atoms with Gasteiger partial charge in [0, 0.05) is 6.54 Å². The highest BCUT2D eigenvalue weighted by Crippen LogP contribution is 2.34. The number of amides is 1. The van der Waals surface area contributed by atoms with Crippen molar-refractivity contribution in [3.05, 3.63) is 71.3 Å². The van der Waals surface area contributed by atoms with Gasteiger partial charge >= 0.3 is 0 Å². The summed E-state index contributed by atoms with van der Waals surface area (Å²) in [4.78, 5) is 14.8. The van der Waals surface area contributed by atoms with Crippen molar-refractivity contribution in [2.75, 3.05) is 0 Å². The van der Waals surface area contributed by atoms with Gasteiger partial charge in [-0.25, -0.2) is 0 Å². The number of fused-ring (bicyclic) bond motifs is 1. The number of hydrogen-bond donors (Lipinski definition) is 1. The minimum Gasteiger partial charge on any atom is -0.392 e. The molecule has 2 aromatic carbocycles. The third-order valence-electron chi connectivity index (χ3n) is 4.91. The number of aliphatic hydroxyl groups is 1. The molecule has 0 aliphatic carbocycles. The summed E-state index contributed by atoms with van der Waals surface area (Å²) in [7, 11) is 0. The molecule has 2 atom stereocenters. The van der Waals surface area contributed by atoms with Crippen LogP contribution < -0.4 is 0 Å². The van der Waals surface area contributed by atoms with Crippen molar-refractivity contribution < 1.29 is 9.90 Å². The van der Waals surface area contributed by atoms with E-state index in [9.17, 15) is 9.90 Å². The maximum absolute atomic E-state index is 12.9. The predicted molar refractivity (Wildman–Crippen MR) is 95.3 cm³/mol. The molecule has 0 aromatic heterocycles. The SMILES string of the molecule is CC(C)C(O)CC(=O)N1Cc2ccccc2CC1c1ccccc1. The number of hydrogen-bond acceptors (Lipinski definition) is 2. The number of aliphatic hydroxyl groups excluding tert-OH is 1. The zero-order valence-electron chi connectivity index (χ0n) is 14.4. The summed E-state index contributed by atoms with van der Waals surface area (Å²) in [5.74, 6) is 0.112. The van der Waals surface area contributed by atoms with Crippen LogP contribution in [-0.2, 0) is 17.8 Å². The number of carbonyl (C=O) groups excluding carboxylic acids is 1. The summed E-state index contributed by atoms with van der Waals surface area (Å²) in [6.07, 6.45) is 0.415. The summed E-state index contributed by atoms with van der Waals surface area (Å²) >= 11 is 0. The van der Waals surface area contributed by atoms with Gasteiger partial charge in [0.1, 0.15) is 0 Å². The molecule has 3 nitrogen and oxygen atoms in total. The van der Waals surface area contributed by atoms with Crippen LogP contribution in [0.15, 0.2) is 54.6 Å². The molecule has 0 saturated heterocycles. The topological polar surface area (TPSA) is 40.5 Å². The van der Waals surface area contributed by atoms with Crippen LogP contribution in [0.3, 0.4) is 0 Å². The van der Waals surface area contributed by atoms with E-state index < -0.39 is 6.10 Å². The lowest BCUT2D eigenvalue weighted by Crippen LogP contribution is -2.40. The highest BCUT2D eigenvalue weighted by atomic mass is 16.3. The summed E-state index contributed by atoms with van der Waals surface area (Å²) < 4.78 is 0. The molecule has 2 aromatic rings. The molecule has 1 N–H and O–H groups in total. The van der Waals surface area contributed by atoms with E-state index in [2.05, 4.69) is 30.3 Å². The molecule has 2 unspecified atom stereocenters. The highest BCUT2D eigenvalue weighted by Gasteiger charge is 2.31. The largest absolute Gasteiger partial charge is 0.392 e. The van der Waals surface area contributed by atoms with E-state index in [1.807, 2.05) is 43.0 Å². The van der Waals surface area contributed by atoms with Crippen LogP contribution >= 0.6 is 0 Å². The second-order valence-electron chi connectivity index (χ2n) is 6.94. The number of nitrogens with zero attached hydrogens (tertiary/aromatic N) is 1. The van der Waals surface area contributed by atoms with E-state index in [0.717, 1.165) is 12.0 Å². The van der Waals surface area contributed by atoms with Gasteiger partial charge in [-0.2, -0.15) is 0 Å². The fourth-order valence-corrected chi connectivity index (χ4v) is 3.29. The van der Waals surface area contributed by atoms with Crippen LogP contribution in [0.5, 0.6) is 0 Å². The Kier molecular flexibility index (Phi) is 5.00. The lowest BCUT2D eigenvalue weighted by atomic mass is 9.89. The van der Waals surface area contributed by atoms with Gasteiger partial charge in [0.25, 0.3) is 0 Å².